The number of phenols is 1. The number of benzene rings is 2. The fraction of sp³-hybridized carbons (Fsp3) is 0.278. The van der Waals surface area contributed by atoms with Crippen molar-refractivity contribution in [3.8, 4) is 11.5 Å². The number of phenolic OH excluding ortho intramolecular Hbond substituents is 1. The number of methoxy groups -OCH3 is 1. The summed E-state index contributed by atoms with van der Waals surface area (Å²) in [6, 6.07) is 7.41. The highest BCUT2D eigenvalue weighted by molar-refractivity contribution is 6.02. The molecule has 4 heteroatoms. The first kappa shape index (κ1) is 15.9. The van der Waals surface area contributed by atoms with Gasteiger partial charge in [-0.15, -0.1) is 0 Å². The lowest BCUT2D eigenvalue weighted by molar-refractivity contribution is -0.132. The van der Waals surface area contributed by atoms with E-state index in [9.17, 15) is 9.90 Å². The van der Waals surface area contributed by atoms with Crippen LogP contribution in [0.5, 0.6) is 11.5 Å². The van der Waals surface area contributed by atoms with Crippen LogP contribution in [0.1, 0.15) is 37.8 Å². The monoisotopic (exact) mass is 300 g/mol. The number of hydrogen-bond donors (Lipinski definition) is 2. The van der Waals surface area contributed by atoms with E-state index in [2.05, 4.69) is 0 Å². The molecule has 0 heterocycles. The highest BCUT2D eigenvalue weighted by Gasteiger charge is 2.16. The molecule has 0 aromatic heterocycles. The maximum Gasteiger partial charge on any atom is 0.331 e. The lowest BCUT2D eigenvalue weighted by Gasteiger charge is -2.16. The molecule has 0 amide bonds. The van der Waals surface area contributed by atoms with Crippen LogP contribution in [0.15, 0.2) is 29.8 Å². The molecule has 0 aliphatic carbocycles. The Bertz CT molecular complexity index is 757. The Labute approximate surface area is 129 Å². The molecule has 22 heavy (non-hydrogen) atoms. The Kier molecular flexibility index (Phi) is 4.40. The molecular formula is C18H20O4. The molecule has 2 rings (SSSR count). The van der Waals surface area contributed by atoms with E-state index in [-0.39, 0.29) is 17.2 Å². The summed E-state index contributed by atoms with van der Waals surface area (Å²) in [7, 11) is 1.48. The average molecular weight is 300 g/mol. The lowest BCUT2D eigenvalue weighted by Crippen LogP contribution is -1.97. The first-order valence-corrected chi connectivity index (χ1v) is 7.11. The van der Waals surface area contributed by atoms with E-state index in [0.29, 0.717) is 16.7 Å². The van der Waals surface area contributed by atoms with Gasteiger partial charge in [0.2, 0.25) is 0 Å². The molecule has 2 aromatic rings. The maximum absolute atomic E-state index is 11.1. The van der Waals surface area contributed by atoms with Crippen LogP contribution in [0, 0.1) is 0 Å². The molecule has 0 bridgehead atoms. The van der Waals surface area contributed by atoms with Crippen molar-refractivity contribution in [1.29, 1.82) is 0 Å². The zero-order valence-corrected chi connectivity index (χ0v) is 13.2. The molecule has 0 aliphatic rings. The summed E-state index contributed by atoms with van der Waals surface area (Å²) in [6.45, 7) is 5.64. The topological polar surface area (TPSA) is 66.8 Å². The van der Waals surface area contributed by atoms with E-state index in [1.807, 2.05) is 32.0 Å². The molecule has 4 nitrogen and oxygen atoms in total. The van der Waals surface area contributed by atoms with Gasteiger partial charge in [-0.25, -0.2) is 4.79 Å². The van der Waals surface area contributed by atoms with Crippen molar-refractivity contribution >= 4 is 22.8 Å². The summed E-state index contributed by atoms with van der Waals surface area (Å²) in [5.74, 6) is -0.323. The average Bonchev–Trinajstić information content (AvgIpc) is 2.48. The van der Waals surface area contributed by atoms with Crippen LogP contribution < -0.4 is 4.74 Å². The van der Waals surface area contributed by atoms with Crippen LogP contribution in [-0.2, 0) is 4.79 Å². The first-order valence-electron chi connectivity index (χ1n) is 7.11. The third-order valence-electron chi connectivity index (χ3n) is 3.72. The van der Waals surface area contributed by atoms with Crippen LogP contribution in [-0.4, -0.2) is 23.3 Å². The second kappa shape index (κ2) is 6.10. The lowest BCUT2D eigenvalue weighted by atomic mass is 9.92. The van der Waals surface area contributed by atoms with Gasteiger partial charge in [0.15, 0.2) is 11.5 Å². The maximum atomic E-state index is 11.1. The number of fused-ring (bicyclic) bond motifs is 1. The summed E-state index contributed by atoms with van der Waals surface area (Å²) in [6.07, 6.45) is 1.59. The zero-order valence-electron chi connectivity index (χ0n) is 13.2. The Morgan fingerprint density at radius 1 is 1.32 bits per heavy atom. The zero-order chi connectivity index (χ0) is 16.4. The van der Waals surface area contributed by atoms with Crippen molar-refractivity contribution in [1.82, 2.24) is 0 Å². The van der Waals surface area contributed by atoms with Crippen molar-refractivity contribution in [2.24, 2.45) is 0 Å². The Morgan fingerprint density at radius 3 is 2.55 bits per heavy atom. The minimum atomic E-state index is -0.972. The number of rotatable bonds is 4. The van der Waals surface area contributed by atoms with Crippen LogP contribution >= 0.6 is 0 Å². The van der Waals surface area contributed by atoms with Gasteiger partial charge >= 0.3 is 5.97 Å². The third-order valence-corrected chi connectivity index (χ3v) is 3.72. The van der Waals surface area contributed by atoms with Gasteiger partial charge in [0, 0.05) is 11.0 Å². The summed E-state index contributed by atoms with van der Waals surface area (Å²) >= 11 is 0. The molecule has 2 aromatic carbocycles. The standard InChI is InChI=1S/C18H20O4/c1-10(2)13-6-5-7-14-12(8-11(3)18(20)21)9-15(22-4)17(19)16(13)14/h5-10,19H,1-4H3,(H,20,21)/b11-8-. The molecular weight excluding hydrogens is 280 g/mol. The van der Waals surface area contributed by atoms with Gasteiger partial charge in [-0.05, 0) is 41.5 Å². The number of hydrogen-bond acceptors (Lipinski definition) is 3. The Morgan fingerprint density at radius 2 is 2.00 bits per heavy atom. The van der Waals surface area contributed by atoms with Gasteiger partial charge < -0.3 is 14.9 Å². The van der Waals surface area contributed by atoms with Crippen LogP contribution in [0.4, 0.5) is 0 Å². The molecule has 0 aliphatic heterocycles. The molecule has 2 N–H and O–H groups in total. The van der Waals surface area contributed by atoms with Gasteiger partial charge in [-0.3, -0.25) is 0 Å². The molecule has 0 fully saturated rings. The van der Waals surface area contributed by atoms with Gasteiger partial charge in [0.05, 0.1) is 7.11 Å². The number of carbonyl (C=O) groups is 1. The predicted octanol–water partition coefficient (Wildman–Crippen LogP) is 4.17. The first-order chi connectivity index (χ1) is 10.4. The fourth-order valence-electron chi connectivity index (χ4n) is 2.54. The number of aliphatic carboxylic acids is 1. The van der Waals surface area contributed by atoms with Crippen molar-refractivity contribution in [3.63, 3.8) is 0 Å². The van der Waals surface area contributed by atoms with E-state index < -0.39 is 5.97 Å². The van der Waals surface area contributed by atoms with Crippen LogP contribution in [0.25, 0.3) is 16.8 Å². The van der Waals surface area contributed by atoms with Crippen LogP contribution in [0.2, 0.25) is 0 Å². The van der Waals surface area contributed by atoms with Gasteiger partial charge in [-0.1, -0.05) is 32.0 Å². The fourth-order valence-corrected chi connectivity index (χ4v) is 2.54. The summed E-state index contributed by atoms with van der Waals surface area (Å²) < 4.78 is 5.24. The van der Waals surface area contributed by atoms with E-state index in [1.54, 1.807) is 19.1 Å². The van der Waals surface area contributed by atoms with E-state index >= 15 is 0 Å². The number of carboxylic acid groups (broad SMARTS) is 1. The van der Waals surface area contributed by atoms with Crippen molar-refractivity contribution in [3.05, 3.63) is 41.0 Å². The smallest absolute Gasteiger partial charge is 0.331 e. The normalized spacial score (nSPS) is 12.0. The molecule has 0 radical (unpaired) electrons. The third kappa shape index (κ3) is 2.77. The van der Waals surface area contributed by atoms with E-state index in [0.717, 1.165) is 10.9 Å². The summed E-state index contributed by atoms with van der Waals surface area (Å²) in [4.78, 5) is 11.1. The second-order valence-corrected chi connectivity index (χ2v) is 5.57. The molecule has 0 atom stereocenters. The Balaban J connectivity index is 2.89. The minimum Gasteiger partial charge on any atom is -0.504 e. The molecule has 0 saturated carbocycles. The van der Waals surface area contributed by atoms with Gasteiger partial charge in [0.25, 0.3) is 0 Å². The number of aromatic hydroxyl groups is 1. The second-order valence-electron chi connectivity index (χ2n) is 5.57. The van der Waals surface area contributed by atoms with Gasteiger partial charge in [0.1, 0.15) is 0 Å². The highest BCUT2D eigenvalue weighted by Crippen LogP contribution is 2.41. The van der Waals surface area contributed by atoms with Crippen molar-refractivity contribution < 1.29 is 19.7 Å². The molecule has 0 saturated heterocycles. The van der Waals surface area contributed by atoms with Crippen LogP contribution in [0.3, 0.4) is 0 Å². The number of carboxylic acids is 1. The predicted molar refractivity (Wildman–Crippen MR) is 87.5 cm³/mol. The number of ether oxygens (including phenoxy) is 1. The Hall–Kier alpha value is -2.49. The molecule has 0 unspecified atom stereocenters. The van der Waals surface area contributed by atoms with Crippen molar-refractivity contribution in [2.45, 2.75) is 26.7 Å². The summed E-state index contributed by atoms with van der Waals surface area (Å²) in [5.41, 5.74) is 1.94. The molecule has 116 valence electrons. The summed E-state index contributed by atoms with van der Waals surface area (Å²) in [5, 5.41) is 21.1. The molecule has 0 spiro atoms. The quantitative estimate of drug-likeness (QED) is 0.832. The SMILES string of the molecule is COc1cc(/C=C(/C)C(=O)O)c2cccc(C(C)C)c2c1O. The minimum absolute atomic E-state index is 0.0897. The largest absolute Gasteiger partial charge is 0.504 e. The van der Waals surface area contributed by atoms with Crippen molar-refractivity contribution in [2.75, 3.05) is 7.11 Å². The van der Waals surface area contributed by atoms with E-state index in [1.165, 1.54) is 7.11 Å². The highest BCUT2D eigenvalue weighted by atomic mass is 16.5. The van der Waals surface area contributed by atoms with E-state index in [4.69, 9.17) is 9.84 Å². The van der Waals surface area contributed by atoms with Gasteiger partial charge in [-0.2, -0.15) is 0 Å².